The lowest BCUT2D eigenvalue weighted by atomic mass is 10.0. The molecule has 1 rings (SSSR count). The number of unbranched alkanes of at least 4 members (excludes halogenated alkanes) is 9. The third-order valence-electron chi connectivity index (χ3n) is 3.80. The van der Waals surface area contributed by atoms with E-state index in [0.717, 1.165) is 6.42 Å². The van der Waals surface area contributed by atoms with Crippen molar-refractivity contribution >= 4 is 0 Å². The van der Waals surface area contributed by atoms with Gasteiger partial charge >= 0.3 is 0 Å². The fraction of sp³-hybridized carbons (Fsp3) is 0.765. The molecule has 1 heterocycles. The average molecular weight is 265 g/mol. The summed E-state index contributed by atoms with van der Waals surface area (Å²) in [4.78, 5) is 0. The molecule has 2 N–H and O–H groups in total. The van der Waals surface area contributed by atoms with Crippen LogP contribution in [0.5, 0.6) is 0 Å². The second-order valence-corrected chi connectivity index (χ2v) is 5.56. The number of hydrogen-bond donors (Lipinski definition) is 1. The minimum Gasteiger partial charge on any atom is -0.479 e. The van der Waals surface area contributed by atoms with E-state index in [1.54, 1.807) is 6.26 Å². The summed E-state index contributed by atoms with van der Waals surface area (Å²) < 4.78 is 5.26. The van der Waals surface area contributed by atoms with Gasteiger partial charge in [-0.3, -0.25) is 5.73 Å². The van der Waals surface area contributed by atoms with Crippen LogP contribution < -0.4 is 5.73 Å². The first-order valence-corrected chi connectivity index (χ1v) is 8.11. The normalized spacial score (nSPS) is 18.2. The number of ether oxygens (including phenoxy) is 1. The van der Waals surface area contributed by atoms with Crippen LogP contribution in [0.25, 0.3) is 0 Å². The van der Waals surface area contributed by atoms with Gasteiger partial charge in [0.1, 0.15) is 0 Å². The predicted octanol–water partition coefficient (Wildman–Crippen LogP) is 5.05. The van der Waals surface area contributed by atoms with Gasteiger partial charge in [-0.15, -0.1) is 0 Å². The molecule has 2 nitrogen and oxygen atoms in total. The summed E-state index contributed by atoms with van der Waals surface area (Å²) >= 11 is 0. The number of allylic oxidation sites excluding steroid dienone is 2. The standard InChI is InChI=1S/C17H31NO/c1-2-3-4-5-6-7-8-9-10-11-13-16-14-12-15-19-17(16)18/h12,14-15,17H,2-11,13,18H2,1H3. The minimum absolute atomic E-state index is 0.205. The van der Waals surface area contributed by atoms with Gasteiger partial charge in [0.15, 0.2) is 6.23 Å². The first kappa shape index (κ1) is 16.3. The van der Waals surface area contributed by atoms with Crippen molar-refractivity contribution in [2.75, 3.05) is 0 Å². The third kappa shape index (κ3) is 8.10. The summed E-state index contributed by atoms with van der Waals surface area (Å²) in [6.07, 6.45) is 20.4. The summed E-state index contributed by atoms with van der Waals surface area (Å²) in [7, 11) is 0. The zero-order valence-corrected chi connectivity index (χ0v) is 12.6. The molecule has 0 aromatic carbocycles. The number of hydrogen-bond acceptors (Lipinski definition) is 2. The summed E-state index contributed by atoms with van der Waals surface area (Å²) in [5.41, 5.74) is 7.10. The summed E-state index contributed by atoms with van der Waals surface area (Å²) in [5.74, 6) is 0. The number of nitrogens with two attached hydrogens (primary N) is 1. The highest BCUT2D eigenvalue weighted by atomic mass is 16.5. The monoisotopic (exact) mass is 265 g/mol. The molecular weight excluding hydrogens is 234 g/mol. The average Bonchev–Trinajstić information content (AvgIpc) is 2.43. The van der Waals surface area contributed by atoms with Crippen molar-refractivity contribution in [3.8, 4) is 0 Å². The minimum atomic E-state index is -0.205. The summed E-state index contributed by atoms with van der Waals surface area (Å²) in [6, 6.07) is 0. The van der Waals surface area contributed by atoms with Gasteiger partial charge < -0.3 is 4.74 Å². The van der Waals surface area contributed by atoms with Crippen molar-refractivity contribution in [2.24, 2.45) is 5.73 Å². The molecule has 0 aromatic heterocycles. The molecule has 19 heavy (non-hydrogen) atoms. The molecule has 0 amide bonds. The lowest BCUT2D eigenvalue weighted by Crippen LogP contribution is -2.25. The highest BCUT2D eigenvalue weighted by Crippen LogP contribution is 2.17. The van der Waals surface area contributed by atoms with Crippen LogP contribution in [-0.2, 0) is 4.74 Å². The van der Waals surface area contributed by atoms with Crippen LogP contribution in [0.15, 0.2) is 24.0 Å². The van der Waals surface area contributed by atoms with E-state index in [0.29, 0.717) is 0 Å². The fourth-order valence-electron chi connectivity index (χ4n) is 2.52. The van der Waals surface area contributed by atoms with Crippen LogP contribution in [0.3, 0.4) is 0 Å². The van der Waals surface area contributed by atoms with E-state index in [1.165, 1.54) is 69.8 Å². The van der Waals surface area contributed by atoms with E-state index in [2.05, 4.69) is 13.0 Å². The lowest BCUT2D eigenvalue weighted by Gasteiger charge is -2.18. The second-order valence-electron chi connectivity index (χ2n) is 5.56. The van der Waals surface area contributed by atoms with E-state index in [4.69, 9.17) is 10.5 Å². The first-order chi connectivity index (χ1) is 9.34. The van der Waals surface area contributed by atoms with Gasteiger partial charge in [-0.25, -0.2) is 0 Å². The fourth-order valence-corrected chi connectivity index (χ4v) is 2.52. The Morgan fingerprint density at radius 3 is 2.11 bits per heavy atom. The Balaban J connectivity index is 1.86. The van der Waals surface area contributed by atoms with Gasteiger partial charge in [0.25, 0.3) is 0 Å². The Morgan fingerprint density at radius 1 is 0.947 bits per heavy atom. The predicted molar refractivity (Wildman–Crippen MR) is 82.7 cm³/mol. The van der Waals surface area contributed by atoms with Crippen molar-refractivity contribution in [1.29, 1.82) is 0 Å². The quantitative estimate of drug-likeness (QED) is 0.530. The molecule has 0 aliphatic carbocycles. The van der Waals surface area contributed by atoms with Gasteiger partial charge in [0.2, 0.25) is 0 Å². The molecule has 0 saturated carbocycles. The van der Waals surface area contributed by atoms with Crippen molar-refractivity contribution in [1.82, 2.24) is 0 Å². The van der Waals surface area contributed by atoms with E-state index in [-0.39, 0.29) is 6.23 Å². The van der Waals surface area contributed by atoms with Gasteiger partial charge in [0.05, 0.1) is 6.26 Å². The van der Waals surface area contributed by atoms with Crippen molar-refractivity contribution in [3.63, 3.8) is 0 Å². The SMILES string of the molecule is CCCCCCCCCCCCC1=CC=COC1N. The van der Waals surface area contributed by atoms with Crippen LogP contribution >= 0.6 is 0 Å². The first-order valence-electron chi connectivity index (χ1n) is 8.11. The molecule has 0 fully saturated rings. The Kier molecular flexibility index (Phi) is 9.52. The summed E-state index contributed by atoms with van der Waals surface area (Å²) in [5, 5.41) is 0. The molecule has 1 aliphatic rings. The van der Waals surface area contributed by atoms with Crippen LogP contribution in [0.2, 0.25) is 0 Å². The topological polar surface area (TPSA) is 35.2 Å². The van der Waals surface area contributed by atoms with Crippen molar-refractivity contribution < 1.29 is 4.74 Å². The van der Waals surface area contributed by atoms with Crippen LogP contribution in [-0.4, -0.2) is 6.23 Å². The molecular formula is C17H31NO. The highest BCUT2D eigenvalue weighted by molar-refractivity contribution is 5.18. The maximum atomic E-state index is 5.86. The van der Waals surface area contributed by atoms with E-state index >= 15 is 0 Å². The highest BCUT2D eigenvalue weighted by Gasteiger charge is 2.10. The van der Waals surface area contributed by atoms with Gasteiger partial charge in [0, 0.05) is 0 Å². The van der Waals surface area contributed by atoms with Crippen LogP contribution in [0, 0.1) is 0 Å². The van der Waals surface area contributed by atoms with E-state index in [1.807, 2.05) is 6.08 Å². The molecule has 2 heteroatoms. The maximum Gasteiger partial charge on any atom is 0.169 e. The molecule has 110 valence electrons. The van der Waals surface area contributed by atoms with Crippen LogP contribution in [0.1, 0.15) is 77.6 Å². The Bertz CT molecular complexity index is 270. The van der Waals surface area contributed by atoms with Crippen LogP contribution in [0.4, 0.5) is 0 Å². The van der Waals surface area contributed by atoms with Crippen molar-refractivity contribution in [3.05, 3.63) is 24.0 Å². The van der Waals surface area contributed by atoms with E-state index in [9.17, 15) is 0 Å². The van der Waals surface area contributed by atoms with Crippen molar-refractivity contribution in [2.45, 2.75) is 83.8 Å². The molecule has 1 aliphatic heterocycles. The Labute approximate surface area is 119 Å². The van der Waals surface area contributed by atoms with E-state index < -0.39 is 0 Å². The number of rotatable bonds is 11. The molecule has 0 bridgehead atoms. The molecule has 1 unspecified atom stereocenters. The molecule has 0 aromatic rings. The van der Waals surface area contributed by atoms with Gasteiger partial charge in [-0.1, -0.05) is 70.8 Å². The Hall–Kier alpha value is -0.760. The molecule has 1 atom stereocenters. The van der Waals surface area contributed by atoms with Gasteiger partial charge in [-0.05, 0) is 24.5 Å². The zero-order valence-electron chi connectivity index (χ0n) is 12.6. The zero-order chi connectivity index (χ0) is 13.8. The molecule has 0 spiro atoms. The van der Waals surface area contributed by atoms with Gasteiger partial charge in [-0.2, -0.15) is 0 Å². The third-order valence-corrected chi connectivity index (χ3v) is 3.80. The Morgan fingerprint density at radius 2 is 1.53 bits per heavy atom. The molecule has 0 saturated heterocycles. The second kappa shape index (κ2) is 11.1. The summed E-state index contributed by atoms with van der Waals surface area (Å²) in [6.45, 7) is 2.27. The maximum absolute atomic E-state index is 5.86. The lowest BCUT2D eigenvalue weighted by molar-refractivity contribution is 0.174. The smallest absolute Gasteiger partial charge is 0.169 e. The largest absolute Gasteiger partial charge is 0.479 e. The molecule has 0 radical (unpaired) electrons.